The van der Waals surface area contributed by atoms with E-state index in [9.17, 15) is 13.6 Å². The zero-order valence-corrected chi connectivity index (χ0v) is 14.2. The molecule has 1 saturated carbocycles. The number of aromatic nitrogens is 1. The number of rotatable bonds is 3. The molecule has 1 aromatic heterocycles. The molecule has 1 aromatic carbocycles. The molecule has 1 aliphatic carbocycles. The SMILES string of the molecule is O=C(Nc1ccc(Br)cn1)N(S)C1CC1c1c(F)cccc1F. The largest absolute Gasteiger partial charge is 0.333 e. The van der Waals surface area contributed by atoms with E-state index in [4.69, 9.17) is 0 Å². The minimum Gasteiger partial charge on any atom is -0.291 e. The van der Waals surface area contributed by atoms with E-state index in [-0.39, 0.29) is 11.6 Å². The summed E-state index contributed by atoms with van der Waals surface area (Å²) in [6.45, 7) is 0. The number of benzene rings is 1. The molecule has 2 atom stereocenters. The summed E-state index contributed by atoms with van der Waals surface area (Å²) >= 11 is 7.40. The van der Waals surface area contributed by atoms with Crippen LogP contribution in [0.4, 0.5) is 19.4 Å². The number of carbonyl (C=O) groups excluding carboxylic acids is 1. The third-order valence-corrected chi connectivity index (χ3v) is 4.56. The monoisotopic (exact) mass is 399 g/mol. The van der Waals surface area contributed by atoms with Crippen LogP contribution in [0.15, 0.2) is 41.0 Å². The topological polar surface area (TPSA) is 45.2 Å². The van der Waals surface area contributed by atoms with Crippen molar-refractivity contribution in [1.29, 1.82) is 0 Å². The molecule has 0 aliphatic heterocycles. The smallest absolute Gasteiger partial charge is 0.291 e. The van der Waals surface area contributed by atoms with Crippen LogP contribution in [0.5, 0.6) is 0 Å². The molecule has 4 nitrogen and oxygen atoms in total. The average molecular weight is 400 g/mol. The van der Waals surface area contributed by atoms with E-state index < -0.39 is 23.6 Å². The average Bonchev–Trinajstić information content (AvgIpc) is 3.29. The molecule has 3 rings (SSSR count). The van der Waals surface area contributed by atoms with Crippen LogP contribution in [-0.2, 0) is 0 Å². The molecule has 0 saturated heterocycles. The molecule has 1 aliphatic rings. The van der Waals surface area contributed by atoms with Gasteiger partial charge in [0.1, 0.15) is 17.5 Å². The first-order chi connectivity index (χ1) is 11.0. The maximum absolute atomic E-state index is 13.8. The van der Waals surface area contributed by atoms with Crippen LogP contribution in [-0.4, -0.2) is 21.4 Å². The maximum atomic E-state index is 13.8. The lowest BCUT2D eigenvalue weighted by molar-refractivity contribution is 0.237. The normalized spacial score (nSPS) is 19.3. The fourth-order valence-electron chi connectivity index (χ4n) is 2.39. The van der Waals surface area contributed by atoms with E-state index >= 15 is 0 Å². The highest BCUT2D eigenvalue weighted by Crippen LogP contribution is 2.47. The van der Waals surface area contributed by atoms with Gasteiger partial charge in [-0.3, -0.25) is 9.62 Å². The van der Waals surface area contributed by atoms with Crippen LogP contribution in [0.2, 0.25) is 0 Å². The van der Waals surface area contributed by atoms with Gasteiger partial charge in [0, 0.05) is 22.2 Å². The Kier molecular flexibility index (Phi) is 4.54. The number of halogens is 3. The van der Waals surface area contributed by atoms with Crippen molar-refractivity contribution >= 4 is 40.6 Å². The van der Waals surface area contributed by atoms with E-state index in [1.54, 1.807) is 18.3 Å². The van der Waals surface area contributed by atoms with Crippen LogP contribution in [0.25, 0.3) is 0 Å². The second-order valence-corrected chi connectivity index (χ2v) is 6.53. The molecule has 0 radical (unpaired) electrons. The minimum absolute atomic E-state index is 0.00566. The molecular formula is C15H12BrF2N3OS. The number of amides is 2. The maximum Gasteiger partial charge on any atom is 0.333 e. The zero-order chi connectivity index (χ0) is 16.6. The molecule has 1 fully saturated rings. The van der Waals surface area contributed by atoms with Gasteiger partial charge in [-0.2, -0.15) is 0 Å². The molecule has 0 spiro atoms. The van der Waals surface area contributed by atoms with Crippen molar-refractivity contribution in [2.75, 3.05) is 5.32 Å². The number of thiol groups is 1. The van der Waals surface area contributed by atoms with Gasteiger partial charge in [0.15, 0.2) is 0 Å². The number of hydrogen-bond donors (Lipinski definition) is 2. The number of nitrogens with one attached hydrogen (secondary N) is 1. The number of urea groups is 1. The van der Waals surface area contributed by atoms with E-state index in [0.717, 1.165) is 8.78 Å². The molecular weight excluding hydrogens is 388 g/mol. The van der Waals surface area contributed by atoms with Crippen LogP contribution in [0.3, 0.4) is 0 Å². The van der Waals surface area contributed by atoms with Crippen LogP contribution >= 0.6 is 28.7 Å². The fourth-order valence-corrected chi connectivity index (χ4v) is 2.93. The highest BCUT2D eigenvalue weighted by molar-refractivity contribution is 9.10. The Morgan fingerprint density at radius 1 is 1.30 bits per heavy atom. The lowest BCUT2D eigenvalue weighted by Gasteiger charge is -2.16. The third-order valence-electron chi connectivity index (χ3n) is 3.61. The molecule has 2 amide bonds. The van der Waals surface area contributed by atoms with Crippen LogP contribution < -0.4 is 5.32 Å². The Labute approximate surface area is 145 Å². The van der Waals surface area contributed by atoms with Crippen molar-refractivity contribution in [3.8, 4) is 0 Å². The first-order valence-corrected chi connectivity index (χ1v) is 8.01. The van der Waals surface area contributed by atoms with Gasteiger partial charge in [-0.05, 0) is 46.6 Å². The Balaban J connectivity index is 1.67. The minimum atomic E-state index is -0.603. The molecule has 1 heterocycles. The highest BCUT2D eigenvalue weighted by Gasteiger charge is 2.46. The summed E-state index contributed by atoms with van der Waals surface area (Å²) in [7, 11) is 0. The number of hydrogen-bond acceptors (Lipinski definition) is 3. The lowest BCUT2D eigenvalue weighted by Crippen LogP contribution is -2.30. The number of pyridine rings is 1. The van der Waals surface area contributed by atoms with Gasteiger partial charge in [0.05, 0.1) is 6.04 Å². The van der Waals surface area contributed by atoms with Crippen molar-refractivity contribution in [2.45, 2.75) is 18.4 Å². The lowest BCUT2D eigenvalue weighted by atomic mass is 10.1. The summed E-state index contributed by atoms with van der Waals surface area (Å²) in [5.41, 5.74) is 0.00566. The Bertz CT molecular complexity index is 724. The summed E-state index contributed by atoms with van der Waals surface area (Å²) in [5.74, 6) is -1.23. The number of nitrogens with zero attached hydrogens (tertiary/aromatic N) is 2. The molecule has 120 valence electrons. The van der Waals surface area contributed by atoms with Gasteiger partial charge in [-0.25, -0.2) is 18.6 Å². The molecule has 1 N–H and O–H groups in total. The number of carbonyl (C=O) groups is 1. The summed E-state index contributed by atoms with van der Waals surface area (Å²) < 4.78 is 29.5. The first kappa shape index (κ1) is 16.2. The van der Waals surface area contributed by atoms with Crippen LogP contribution in [0.1, 0.15) is 17.9 Å². The van der Waals surface area contributed by atoms with Crippen molar-refractivity contribution < 1.29 is 13.6 Å². The van der Waals surface area contributed by atoms with Gasteiger partial charge >= 0.3 is 6.03 Å². The predicted octanol–water partition coefficient (Wildman–Crippen LogP) is 4.36. The van der Waals surface area contributed by atoms with Crippen LogP contribution in [0, 0.1) is 11.6 Å². The molecule has 2 unspecified atom stereocenters. The molecule has 2 aromatic rings. The van der Waals surface area contributed by atoms with Crippen molar-refractivity contribution in [3.05, 3.63) is 58.2 Å². The zero-order valence-electron chi connectivity index (χ0n) is 11.7. The van der Waals surface area contributed by atoms with Gasteiger partial charge in [0.2, 0.25) is 0 Å². The summed E-state index contributed by atoms with van der Waals surface area (Å²) in [6.07, 6.45) is 2.01. The quantitative estimate of drug-likeness (QED) is 0.753. The fraction of sp³-hybridized carbons (Fsp3) is 0.200. The van der Waals surface area contributed by atoms with E-state index in [1.807, 2.05) is 0 Å². The Morgan fingerprint density at radius 3 is 2.61 bits per heavy atom. The second-order valence-electron chi connectivity index (χ2n) is 5.18. The predicted molar refractivity (Wildman–Crippen MR) is 89.3 cm³/mol. The van der Waals surface area contributed by atoms with Gasteiger partial charge in [-0.1, -0.05) is 18.9 Å². The Hall–Kier alpha value is -1.67. The first-order valence-electron chi connectivity index (χ1n) is 6.82. The second kappa shape index (κ2) is 6.45. The Morgan fingerprint density at radius 2 is 2.00 bits per heavy atom. The summed E-state index contributed by atoms with van der Waals surface area (Å²) in [4.78, 5) is 16.2. The van der Waals surface area contributed by atoms with E-state index in [1.165, 1.54) is 18.2 Å². The summed E-state index contributed by atoms with van der Waals surface area (Å²) in [5, 5.41) is 2.58. The summed E-state index contributed by atoms with van der Waals surface area (Å²) in [6, 6.07) is 6.25. The van der Waals surface area contributed by atoms with Crippen molar-refractivity contribution in [2.24, 2.45) is 0 Å². The molecule has 0 bridgehead atoms. The standard InChI is InChI=1S/C15H12BrF2N3OS/c16-8-4-5-13(19-7-8)20-15(22)21(23)12-6-9(12)14-10(17)2-1-3-11(14)18/h1-5,7,9,12,23H,6H2,(H,19,20,22). The van der Waals surface area contributed by atoms with E-state index in [0.29, 0.717) is 12.2 Å². The highest BCUT2D eigenvalue weighted by atomic mass is 79.9. The van der Waals surface area contributed by atoms with Gasteiger partial charge in [-0.15, -0.1) is 0 Å². The molecule has 23 heavy (non-hydrogen) atoms. The van der Waals surface area contributed by atoms with Crippen molar-refractivity contribution in [1.82, 2.24) is 9.29 Å². The van der Waals surface area contributed by atoms with E-state index in [2.05, 4.69) is 39.0 Å². The molecule has 8 heteroatoms. The third kappa shape index (κ3) is 3.48. The van der Waals surface area contributed by atoms with Gasteiger partial charge < -0.3 is 0 Å². The number of anilines is 1. The van der Waals surface area contributed by atoms with Gasteiger partial charge in [0.25, 0.3) is 0 Å². The van der Waals surface area contributed by atoms with Crippen molar-refractivity contribution in [3.63, 3.8) is 0 Å².